The fourth-order valence-electron chi connectivity index (χ4n) is 4.57. The fraction of sp³-hybridized carbons (Fsp3) is 0.774. The molecular formula is C31H58N6O11. The Kier molecular flexibility index (Phi) is 28.8. The normalized spacial score (nSPS) is 15.9. The van der Waals surface area contributed by atoms with E-state index in [-0.39, 0.29) is 91.4 Å². The molecule has 1 saturated heterocycles. The molecule has 48 heavy (non-hydrogen) atoms. The van der Waals surface area contributed by atoms with Gasteiger partial charge in [0.2, 0.25) is 5.91 Å². The van der Waals surface area contributed by atoms with Crippen LogP contribution in [0.2, 0.25) is 0 Å². The van der Waals surface area contributed by atoms with Crippen molar-refractivity contribution in [1.82, 2.24) is 30.2 Å². The molecule has 1 atom stereocenters. The van der Waals surface area contributed by atoms with Crippen LogP contribution >= 0.6 is 0 Å². The van der Waals surface area contributed by atoms with Crippen LogP contribution in [-0.2, 0) is 33.6 Å². The van der Waals surface area contributed by atoms with Crippen molar-refractivity contribution in [3.05, 3.63) is 0 Å². The SMILES string of the molecule is CC.CNCCCCCC(C)=O.O=CCCC(NC(=O)CN1CCN(CC(=O)O)CCN(CC(=O)O)CCN(CC(=O)O)CC1)C(=O)O. The first-order chi connectivity index (χ1) is 22.8. The van der Waals surface area contributed by atoms with Gasteiger partial charge in [0, 0.05) is 65.2 Å². The molecule has 1 unspecified atom stereocenters. The minimum absolute atomic E-state index is 0.0336. The number of nitrogens with one attached hydrogen (secondary N) is 2. The van der Waals surface area contributed by atoms with E-state index in [0.29, 0.717) is 12.1 Å². The first-order valence-electron chi connectivity index (χ1n) is 16.4. The number of ketones is 1. The van der Waals surface area contributed by atoms with Crippen molar-refractivity contribution in [3.63, 3.8) is 0 Å². The molecule has 6 N–H and O–H groups in total. The van der Waals surface area contributed by atoms with Gasteiger partial charge in [0.05, 0.1) is 26.2 Å². The van der Waals surface area contributed by atoms with Crippen LogP contribution in [0.1, 0.15) is 59.3 Å². The van der Waals surface area contributed by atoms with Crippen molar-refractivity contribution in [1.29, 1.82) is 0 Å². The van der Waals surface area contributed by atoms with Crippen molar-refractivity contribution < 1.29 is 54.0 Å². The zero-order valence-corrected chi connectivity index (χ0v) is 29.0. The van der Waals surface area contributed by atoms with Crippen molar-refractivity contribution >= 4 is 41.9 Å². The molecule has 278 valence electrons. The number of rotatable bonds is 19. The molecule has 0 aromatic heterocycles. The Morgan fingerprint density at radius 2 is 1.06 bits per heavy atom. The van der Waals surface area contributed by atoms with Gasteiger partial charge in [-0.05, 0) is 39.8 Å². The Balaban J connectivity index is 0. The number of amides is 1. The average molecular weight is 691 g/mol. The van der Waals surface area contributed by atoms with Gasteiger partial charge in [-0.2, -0.15) is 0 Å². The summed E-state index contributed by atoms with van der Waals surface area (Å²) in [5.41, 5.74) is 0. The zero-order valence-electron chi connectivity index (χ0n) is 29.0. The molecule has 17 heteroatoms. The topological polar surface area (TPSA) is 237 Å². The van der Waals surface area contributed by atoms with E-state index in [2.05, 4.69) is 10.6 Å². The van der Waals surface area contributed by atoms with Gasteiger partial charge in [-0.15, -0.1) is 0 Å². The van der Waals surface area contributed by atoms with E-state index in [1.165, 1.54) is 12.8 Å². The van der Waals surface area contributed by atoms with Gasteiger partial charge in [0.25, 0.3) is 0 Å². The number of carbonyl (C=O) groups excluding carboxylic acids is 3. The molecule has 1 aliphatic heterocycles. The number of Topliss-reactive ketones (excluding diaryl/α,β-unsaturated/α-hetero) is 1. The number of carboxylic acid groups (broad SMARTS) is 4. The first kappa shape index (κ1) is 46.6. The quantitative estimate of drug-likeness (QED) is 0.0732. The first-order valence-corrected chi connectivity index (χ1v) is 16.4. The maximum Gasteiger partial charge on any atom is 0.326 e. The smallest absolute Gasteiger partial charge is 0.326 e. The van der Waals surface area contributed by atoms with Gasteiger partial charge in [-0.1, -0.05) is 20.3 Å². The molecule has 1 fully saturated rings. The lowest BCUT2D eigenvalue weighted by Crippen LogP contribution is -2.51. The highest BCUT2D eigenvalue weighted by atomic mass is 16.4. The van der Waals surface area contributed by atoms with Crippen LogP contribution in [-0.4, -0.2) is 180 Å². The van der Waals surface area contributed by atoms with E-state index in [1.54, 1.807) is 26.5 Å². The molecule has 0 aliphatic carbocycles. The molecule has 1 heterocycles. The van der Waals surface area contributed by atoms with Crippen molar-refractivity contribution in [2.45, 2.75) is 65.3 Å². The molecule has 0 aromatic carbocycles. The number of hydrogen-bond acceptors (Lipinski definition) is 12. The van der Waals surface area contributed by atoms with Crippen LogP contribution < -0.4 is 10.6 Å². The molecule has 0 bridgehead atoms. The summed E-state index contributed by atoms with van der Waals surface area (Å²) in [4.78, 5) is 85.3. The summed E-state index contributed by atoms with van der Waals surface area (Å²) in [6.07, 6.45) is 4.62. The van der Waals surface area contributed by atoms with Crippen LogP contribution in [0.15, 0.2) is 0 Å². The summed E-state index contributed by atoms with van der Waals surface area (Å²) in [7, 11) is 1.95. The Bertz CT molecular complexity index is 937. The van der Waals surface area contributed by atoms with E-state index >= 15 is 0 Å². The fourth-order valence-corrected chi connectivity index (χ4v) is 4.57. The third-order valence-electron chi connectivity index (χ3n) is 7.04. The third-order valence-corrected chi connectivity index (χ3v) is 7.04. The van der Waals surface area contributed by atoms with E-state index in [1.807, 2.05) is 20.9 Å². The monoisotopic (exact) mass is 690 g/mol. The second-order valence-corrected chi connectivity index (χ2v) is 11.1. The number of hydrogen-bond donors (Lipinski definition) is 6. The van der Waals surface area contributed by atoms with Gasteiger partial charge in [0.1, 0.15) is 18.1 Å². The van der Waals surface area contributed by atoms with E-state index < -0.39 is 35.8 Å². The van der Waals surface area contributed by atoms with Gasteiger partial charge in [0.15, 0.2) is 0 Å². The maximum atomic E-state index is 12.5. The lowest BCUT2D eigenvalue weighted by Gasteiger charge is -2.33. The predicted octanol–water partition coefficient (Wildman–Crippen LogP) is -0.608. The summed E-state index contributed by atoms with van der Waals surface area (Å²) >= 11 is 0. The average Bonchev–Trinajstić information content (AvgIpc) is 3.00. The van der Waals surface area contributed by atoms with E-state index in [9.17, 15) is 54.0 Å². The minimum Gasteiger partial charge on any atom is -0.480 e. The highest BCUT2D eigenvalue weighted by molar-refractivity contribution is 5.84. The van der Waals surface area contributed by atoms with Crippen LogP contribution in [0.5, 0.6) is 0 Å². The van der Waals surface area contributed by atoms with Crippen LogP contribution in [0, 0.1) is 0 Å². The molecule has 0 aromatic rings. The number of nitrogens with zero attached hydrogens (tertiary/aromatic N) is 4. The van der Waals surface area contributed by atoms with Gasteiger partial charge < -0.3 is 40.6 Å². The molecule has 1 rings (SSSR count). The third kappa shape index (κ3) is 27.6. The molecule has 0 saturated carbocycles. The zero-order chi connectivity index (χ0) is 36.9. The molecular weight excluding hydrogens is 632 g/mol. The lowest BCUT2D eigenvalue weighted by molar-refractivity contribution is -0.142. The van der Waals surface area contributed by atoms with Crippen LogP contribution in [0.4, 0.5) is 0 Å². The molecule has 0 spiro atoms. The number of aldehydes is 1. The highest BCUT2D eigenvalue weighted by Crippen LogP contribution is 2.03. The summed E-state index contributed by atoms with van der Waals surface area (Å²) in [6, 6.07) is -1.23. The van der Waals surface area contributed by atoms with Crippen molar-refractivity contribution in [2.24, 2.45) is 0 Å². The van der Waals surface area contributed by atoms with Gasteiger partial charge in [-0.25, -0.2) is 4.79 Å². The standard InChI is InChI=1S/C21H35N5O10.C8H17NO.C2H6/c27-11-1-2-16(21(35)36)22-17(28)12-23-3-5-24(13-18(29)30)7-9-26(15-20(33)34)10-8-25(6-4-23)14-19(31)32;1-8(10)6-4-3-5-7-9-2;1-2/h11,16H,1-10,12-15H2,(H,22,28)(H,29,30)(H,31,32)(H,33,34)(H,35,36);9H,3-7H2,1-2H3;1-2H3. The van der Waals surface area contributed by atoms with E-state index in [4.69, 9.17) is 0 Å². The maximum absolute atomic E-state index is 12.5. The second kappa shape index (κ2) is 29.6. The summed E-state index contributed by atoms with van der Waals surface area (Å²) in [5.74, 6) is -4.75. The Morgan fingerprint density at radius 1 is 0.667 bits per heavy atom. The number of carboxylic acids is 4. The summed E-state index contributed by atoms with van der Waals surface area (Å²) in [5, 5.41) is 42.4. The minimum atomic E-state index is -1.27. The Labute approximate surface area is 283 Å². The van der Waals surface area contributed by atoms with Crippen LogP contribution in [0.25, 0.3) is 0 Å². The summed E-state index contributed by atoms with van der Waals surface area (Å²) in [6.45, 7) is 7.54. The van der Waals surface area contributed by atoms with Crippen molar-refractivity contribution in [2.75, 3.05) is 92.1 Å². The second-order valence-electron chi connectivity index (χ2n) is 11.1. The predicted molar refractivity (Wildman–Crippen MR) is 178 cm³/mol. The number of carbonyl (C=O) groups is 7. The Morgan fingerprint density at radius 3 is 1.38 bits per heavy atom. The molecule has 17 nitrogen and oxygen atoms in total. The molecule has 1 aliphatic rings. The number of unbranched alkanes of at least 4 members (excludes halogenated alkanes) is 2. The largest absolute Gasteiger partial charge is 0.480 e. The highest BCUT2D eigenvalue weighted by Gasteiger charge is 2.23. The number of aliphatic carboxylic acids is 4. The van der Waals surface area contributed by atoms with Crippen LogP contribution in [0.3, 0.4) is 0 Å². The van der Waals surface area contributed by atoms with E-state index in [0.717, 1.165) is 19.4 Å². The van der Waals surface area contributed by atoms with Crippen molar-refractivity contribution in [3.8, 4) is 0 Å². The van der Waals surface area contributed by atoms with Gasteiger partial charge in [-0.3, -0.25) is 38.8 Å². The summed E-state index contributed by atoms with van der Waals surface area (Å²) < 4.78 is 0. The Hall–Kier alpha value is -3.51. The molecule has 0 radical (unpaired) electrons. The van der Waals surface area contributed by atoms with Gasteiger partial charge >= 0.3 is 23.9 Å². The molecule has 1 amide bonds. The lowest BCUT2D eigenvalue weighted by atomic mass is 10.1.